The third-order valence-corrected chi connectivity index (χ3v) is 3.63. The summed E-state index contributed by atoms with van der Waals surface area (Å²) in [5.74, 6) is -0.322. The minimum absolute atomic E-state index is 0.322. The summed E-state index contributed by atoms with van der Waals surface area (Å²) < 4.78 is 2.07. The van der Waals surface area contributed by atoms with Crippen molar-refractivity contribution in [3.05, 3.63) is 57.9 Å². The highest BCUT2D eigenvalue weighted by atomic mass is 35.5. The highest BCUT2D eigenvalue weighted by Gasteiger charge is 2.08. The second-order valence-corrected chi connectivity index (χ2v) is 4.97. The van der Waals surface area contributed by atoms with E-state index in [9.17, 15) is 4.79 Å². The van der Waals surface area contributed by atoms with Crippen LogP contribution in [0.15, 0.2) is 35.4 Å². The fourth-order valence-electron chi connectivity index (χ4n) is 1.88. The van der Waals surface area contributed by atoms with Gasteiger partial charge in [0.25, 0.3) is 5.91 Å². The number of benzene rings is 1. The number of amides is 1. The van der Waals surface area contributed by atoms with Crippen molar-refractivity contribution < 1.29 is 4.79 Å². The van der Waals surface area contributed by atoms with Gasteiger partial charge < -0.3 is 4.57 Å². The largest absolute Gasteiger partial charge is 0.352 e. The van der Waals surface area contributed by atoms with E-state index in [1.165, 1.54) is 0 Å². The van der Waals surface area contributed by atoms with Crippen molar-refractivity contribution in [3.8, 4) is 0 Å². The first-order valence-corrected chi connectivity index (χ1v) is 6.59. The maximum atomic E-state index is 11.9. The number of hydrazone groups is 1. The van der Waals surface area contributed by atoms with E-state index in [2.05, 4.69) is 15.1 Å². The molecule has 0 aliphatic carbocycles. The molecule has 1 N–H and O–H groups in total. The molecule has 20 heavy (non-hydrogen) atoms. The maximum Gasteiger partial charge on any atom is 0.272 e. The third-order valence-electron chi connectivity index (χ3n) is 3.30. The Morgan fingerprint density at radius 3 is 2.65 bits per heavy atom. The Labute approximate surface area is 123 Å². The zero-order valence-electron chi connectivity index (χ0n) is 11.6. The molecular formula is C15H16ClN3O. The molecule has 0 atom stereocenters. The van der Waals surface area contributed by atoms with Crippen LogP contribution < -0.4 is 5.43 Å². The number of nitrogens with zero attached hydrogens (tertiary/aromatic N) is 2. The van der Waals surface area contributed by atoms with E-state index >= 15 is 0 Å². The van der Waals surface area contributed by atoms with Gasteiger partial charge in [-0.1, -0.05) is 23.7 Å². The minimum Gasteiger partial charge on any atom is -0.352 e. The molecule has 104 valence electrons. The van der Waals surface area contributed by atoms with E-state index in [4.69, 9.17) is 11.6 Å². The van der Waals surface area contributed by atoms with Crippen LogP contribution in [0.5, 0.6) is 0 Å². The molecule has 0 saturated carbocycles. The van der Waals surface area contributed by atoms with Crippen LogP contribution in [0.3, 0.4) is 0 Å². The Morgan fingerprint density at radius 2 is 2.05 bits per heavy atom. The van der Waals surface area contributed by atoms with Gasteiger partial charge >= 0.3 is 0 Å². The summed E-state index contributed by atoms with van der Waals surface area (Å²) in [5.41, 5.74) is 6.10. The van der Waals surface area contributed by atoms with E-state index in [-0.39, 0.29) is 5.91 Å². The van der Waals surface area contributed by atoms with Crippen LogP contribution in [0.4, 0.5) is 0 Å². The van der Waals surface area contributed by atoms with Gasteiger partial charge in [0.2, 0.25) is 0 Å². The molecule has 0 radical (unpaired) electrons. The third kappa shape index (κ3) is 2.91. The highest BCUT2D eigenvalue weighted by Crippen LogP contribution is 2.14. The van der Waals surface area contributed by atoms with Crippen LogP contribution in [0.25, 0.3) is 0 Å². The predicted octanol–water partition coefficient (Wildman–Crippen LogP) is 3.06. The molecule has 5 heteroatoms. The fraction of sp³-hybridized carbons (Fsp3) is 0.200. The van der Waals surface area contributed by atoms with Gasteiger partial charge in [-0.2, -0.15) is 5.10 Å². The van der Waals surface area contributed by atoms with Crippen LogP contribution >= 0.6 is 11.6 Å². The number of carbonyl (C=O) groups excluding carboxylic acids is 1. The SMILES string of the molecule is Cc1cc(/C=N\NC(=O)c2ccccc2Cl)c(C)n1C. The number of hydrogen-bond acceptors (Lipinski definition) is 2. The van der Waals surface area contributed by atoms with Gasteiger partial charge in [-0.25, -0.2) is 5.43 Å². The smallest absolute Gasteiger partial charge is 0.272 e. The summed E-state index contributed by atoms with van der Waals surface area (Å²) >= 11 is 5.95. The molecule has 0 unspecified atom stereocenters. The molecule has 1 heterocycles. The van der Waals surface area contributed by atoms with Crippen molar-refractivity contribution in [3.63, 3.8) is 0 Å². The molecule has 2 aromatic rings. The summed E-state index contributed by atoms with van der Waals surface area (Å²) in [5, 5.41) is 4.39. The van der Waals surface area contributed by atoms with Gasteiger partial charge in [0, 0.05) is 24.0 Å². The lowest BCUT2D eigenvalue weighted by Crippen LogP contribution is -2.18. The first-order chi connectivity index (χ1) is 9.50. The Kier molecular flexibility index (Phi) is 4.25. The molecule has 0 aliphatic heterocycles. The van der Waals surface area contributed by atoms with Gasteiger partial charge in [0.15, 0.2) is 0 Å². The summed E-state index contributed by atoms with van der Waals surface area (Å²) in [6.07, 6.45) is 1.64. The lowest BCUT2D eigenvalue weighted by atomic mass is 10.2. The van der Waals surface area contributed by atoms with Gasteiger partial charge in [-0.05, 0) is 32.0 Å². The van der Waals surface area contributed by atoms with Crippen LogP contribution in [-0.2, 0) is 7.05 Å². The van der Waals surface area contributed by atoms with Crippen molar-refractivity contribution in [1.29, 1.82) is 0 Å². The van der Waals surface area contributed by atoms with Gasteiger partial charge in [-0.3, -0.25) is 4.79 Å². The van der Waals surface area contributed by atoms with Crippen LogP contribution in [0, 0.1) is 13.8 Å². The van der Waals surface area contributed by atoms with E-state index in [0.29, 0.717) is 10.6 Å². The Hall–Kier alpha value is -2.07. The van der Waals surface area contributed by atoms with Crippen molar-refractivity contribution in [2.24, 2.45) is 12.1 Å². The summed E-state index contributed by atoms with van der Waals surface area (Å²) in [6.45, 7) is 4.02. The van der Waals surface area contributed by atoms with E-state index in [0.717, 1.165) is 17.0 Å². The van der Waals surface area contributed by atoms with Crippen molar-refractivity contribution >= 4 is 23.7 Å². The number of nitrogens with one attached hydrogen (secondary N) is 1. The zero-order chi connectivity index (χ0) is 14.7. The zero-order valence-corrected chi connectivity index (χ0v) is 12.4. The number of aryl methyl sites for hydroxylation is 1. The van der Waals surface area contributed by atoms with Crippen LogP contribution in [0.2, 0.25) is 5.02 Å². The van der Waals surface area contributed by atoms with Crippen molar-refractivity contribution in [2.75, 3.05) is 0 Å². The average molecular weight is 290 g/mol. The molecule has 1 aromatic carbocycles. The first kappa shape index (κ1) is 14.3. The molecular weight excluding hydrogens is 274 g/mol. The molecule has 0 bridgehead atoms. The molecule has 1 amide bonds. The lowest BCUT2D eigenvalue weighted by molar-refractivity contribution is 0.0955. The van der Waals surface area contributed by atoms with Gasteiger partial charge in [0.05, 0.1) is 16.8 Å². The molecule has 0 fully saturated rings. The number of halogens is 1. The first-order valence-electron chi connectivity index (χ1n) is 6.21. The van der Waals surface area contributed by atoms with Gasteiger partial charge in [-0.15, -0.1) is 0 Å². The summed E-state index contributed by atoms with van der Waals surface area (Å²) in [6, 6.07) is 8.88. The van der Waals surface area contributed by atoms with Crippen LogP contribution in [0.1, 0.15) is 27.3 Å². The lowest BCUT2D eigenvalue weighted by Gasteiger charge is -2.01. The Balaban J connectivity index is 2.09. The van der Waals surface area contributed by atoms with E-state index < -0.39 is 0 Å². The second-order valence-electron chi connectivity index (χ2n) is 4.56. The highest BCUT2D eigenvalue weighted by molar-refractivity contribution is 6.33. The Bertz CT molecular complexity index is 674. The molecule has 0 saturated heterocycles. The number of rotatable bonds is 3. The predicted molar refractivity (Wildman–Crippen MR) is 81.4 cm³/mol. The number of carbonyl (C=O) groups is 1. The normalized spacial score (nSPS) is 11.0. The Morgan fingerprint density at radius 1 is 1.35 bits per heavy atom. The molecule has 4 nitrogen and oxygen atoms in total. The molecule has 1 aromatic heterocycles. The average Bonchev–Trinajstić information content (AvgIpc) is 2.67. The van der Waals surface area contributed by atoms with Crippen molar-refractivity contribution in [2.45, 2.75) is 13.8 Å². The number of aromatic nitrogens is 1. The monoisotopic (exact) mass is 289 g/mol. The molecule has 0 aliphatic rings. The minimum atomic E-state index is -0.322. The standard InChI is InChI=1S/C15H16ClN3O/c1-10-8-12(11(2)19(10)3)9-17-18-15(20)13-6-4-5-7-14(13)16/h4-9H,1-3H3,(H,18,20)/b17-9-. The topological polar surface area (TPSA) is 46.4 Å². The maximum absolute atomic E-state index is 11.9. The summed E-state index contributed by atoms with van der Waals surface area (Å²) in [4.78, 5) is 11.9. The van der Waals surface area contributed by atoms with E-state index in [1.54, 1.807) is 30.5 Å². The molecule has 0 spiro atoms. The number of hydrogen-bond donors (Lipinski definition) is 1. The quantitative estimate of drug-likeness (QED) is 0.685. The molecule has 2 rings (SSSR count). The van der Waals surface area contributed by atoms with Crippen molar-refractivity contribution in [1.82, 2.24) is 9.99 Å². The fourth-order valence-corrected chi connectivity index (χ4v) is 2.10. The van der Waals surface area contributed by atoms with Gasteiger partial charge in [0.1, 0.15) is 0 Å². The van der Waals surface area contributed by atoms with Crippen LogP contribution in [-0.4, -0.2) is 16.7 Å². The summed E-state index contributed by atoms with van der Waals surface area (Å²) in [7, 11) is 1.99. The second kappa shape index (κ2) is 5.92. The van der Waals surface area contributed by atoms with E-state index in [1.807, 2.05) is 27.0 Å².